The first-order chi connectivity index (χ1) is 16.6. The van der Waals surface area contributed by atoms with Gasteiger partial charge < -0.3 is 13.7 Å². The van der Waals surface area contributed by atoms with E-state index in [0.29, 0.717) is 28.7 Å². The van der Waals surface area contributed by atoms with Crippen molar-refractivity contribution in [3.05, 3.63) is 70.0 Å². The molecule has 0 saturated carbocycles. The van der Waals surface area contributed by atoms with Gasteiger partial charge in [-0.05, 0) is 49.1 Å². The minimum atomic E-state index is -3.10. The first-order valence-corrected chi connectivity index (χ1v) is 13.1. The predicted octanol–water partition coefficient (Wildman–Crippen LogP) is 4.23. The zero-order valence-electron chi connectivity index (χ0n) is 19.3. The van der Waals surface area contributed by atoms with Gasteiger partial charge in [-0.25, -0.2) is 17.6 Å². The van der Waals surface area contributed by atoms with E-state index in [1.807, 2.05) is 13.0 Å². The molecule has 0 bridgehead atoms. The summed E-state index contributed by atoms with van der Waals surface area (Å²) >= 11 is 0. The van der Waals surface area contributed by atoms with E-state index in [2.05, 4.69) is 0 Å². The number of rotatable bonds is 5. The molecular formula is C26H24FNO6S. The second-order valence-corrected chi connectivity index (χ2v) is 11.3. The Morgan fingerprint density at radius 1 is 1.14 bits per heavy atom. The molecule has 182 valence electrons. The first-order valence-electron chi connectivity index (χ1n) is 11.3. The number of amides is 1. The Morgan fingerprint density at radius 2 is 1.89 bits per heavy atom. The SMILES string of the molecule is Cc1c(CCC(=O)N(C)[C@H]2CCS(=O)(=O)C2)c(=O)oc2cc3occ(-c4ccc(F)cc4)c3cc12. The smallest absolute Gasteiger partial charge is 0.339 e. The van der Waals surface area contributed by atoms with Crippen LogP contribution in [0.4, 0.5) is 4.39 Å². The summed E-state index contributed by atoms with van der Waals surface area (Å²) in [5.41, 5.74) is 3.10. The van der Waals surface area contributed by atoms with Gasteiger partial charge in [-0.15, -0.1) is 0 Å². The van der Waals surface area contributed by atoms with E-state index < -0.39 is 15.5 Å². The van der Waals surface area contributed by atoms with E-state index in [-0.39, 0.29) is 42.1 Å². The third-order valence-electron chi connectivity index (χ3n) is 6.88. The number of benzene rings is 2. The van der Waals surface area contributed by atoms with Crippen LogP contribution in [0.2, 0.25) is 0 Å². The molecule has 7 nitrogen and oxygen atoms in total. The van der Waals surface area contributed by atoms with Gasteiger partial charge in [-0.3, -0.25) is 4.79 Å². The lowest BCUT2D eigenvalue weighted by molar-refractivity contribution is -0.131. The number of hydrogen-bond acceptors (Lipinski definition) is 6. The molecule has 1 aliphatic rings. The molecule has 2 aromatic carbocycles. The molecule has 0 spiro atoms. The van der Waals surface area contributed by atoms with Gasteiger partial charge in [0.1, 0.15) is 17.0 Å². The third kappa shape index (κ3) is 4.36. The summed E-state index contributed by atoms with van der Waals surface area (Å²) in [7, 11) is -1.50. The topological polar surface area (TPSA) is 97.8 Å². The quantitative estimate of drug-likeness (QED) is 0.383. The summed E-state index contributed by atoms with van der Waals surface area (Å²) in [6, 6.07) is 9.32. The Balaban J connectivity index is 1.45. The molecule has 1 saturated heterocycles. The fourth-order valence-electron chi connectivity index (χ4n) is 4.74. The zero-order chi connectivity index (χ0) is 24.9. The van der Waals surface area contributed by atoms with Gasteiger partial charge in [-0.1, -0.05) is 12.1 Å². The Kier molecular flexibility index (Phi) is 5.75. The van der Waals surface area contributed by atoms with Gasteiger partial charge in [0.2, 0.25) is 5.91 Å². The fourth-order valence-corrected chi connectivity index (χ4v) is 6.52. The lowest BCUT2D eigenvalue weighted by Gasteiger charge is -2.23. The minimum Gasteiger partial charge on any atom is -0.464 e. The standard InChI is InChI=1S/C26H24FNO6S/c1-15-19(7-8-25(29)28(2)18-9-10-35(31,32)14-18)26(30)34-24-12-23-21(11-20(15)24)22(13-33-23)16-3-5-17(27)6-4-16/h3-6,11-13,18H,7-10,14H2,1-2H3/t18-/m0/s1. The van der Waals surface area contributed by atoms with Crippen molar-refractivity contribution < 1.29 is 26.4 Å². The van der Waals surface area contributed by atoms with Crippen molar-refractivity contribution in [2.24, 2.45) is 0 Å². The molecule has 4 aromatic rings. The number of halogens is 1. The molecule has 3 heterocycles. The van der Waals surface area contributed by atoms with E-state index in [4.69, 9.17) is 8.83 Å². The van der Waals surface area contributed by atoms with Gasteiger partial charge >= 0.3 is 5.63 Å². The molecule has 1 aliphatic heterocycles. The molecule has 9 heteroatoms. The van der Waals surface area contributed by atoms with Crippen LogP contribution in [-0.4, -0.2) is 43.8 Å². The van der Waals surface area contributed by atoms with Crippen LogP contribution < -0.4 is 5.63 Å². The van der Waals surface area contributed by atoms with E-state index in [0.717, 1.165) is 21.9 Å². The van der Waals surface area contributed by atoms with Crippen molar-refractivity contribution in [3.8, 4) is 11.1 Å². The normalized spacial score (nSPS) is 17.3. The van der Waals surface area contributed by atoms with Crippen LogP contribution in [0.15, 0.2) is 56.3 Å². The monoisotopic (exact) mass is 497 g/mol. The van der Waals surface area contributed by atoms with Gasteiger partial charge in [0.05, 0.1) is 17.8 Å². The number of carbonyl (C=O) groups is 1. The molecule has 0 radical (unpaired) electrons. The molecule has 35 heavy (non-hydrogen) atoms. The predicted molar refractivity (Wildman–Crippen MR) is 131 cm³/mol. The van der Waals surface area contributed by atoms with Crippen molar-refractivity contribution >= 4 is 37.7 Å². The number of carbonyl (C=O) groups excluding carboxylic acids is 1. The summed E-state index contributed by atoms with van der Waals surface area (Å²) in [5.74, 6) is -0.479. The average molecular weight is 498 g/mol. The number of furan rings is 1. The molecule has 1 amide bonds. The van der Waals surface area contributed by atoms with Crippen LogP contribution in [0.3, 0.4) is 0 Å². The summed E-state index contributed by atoms with van der Waals surface area (Å²) in [6.07, 6.45) is 2.27. The minimum absolute atomic E-state index is 0.0243. The van der Waals surface area contributed by atoms with Crippen LogP contribution in [0.5, 0.6) is 0 Å². The van der Waals surface area contributed by atoms with Crippen LogP contribution in [0.25, 0.3) is 33.1 Å². The van der Waals surface area contributed by atoms with E-state index in [1.54, 1.807) is 31.5 Å². The van der Waals surface area contributed by atoms with E-state index in [1.165, 1.54) is 17.0 Å². The highest BCUT2D eigenvalue weighted by molar-refractivity contribution is 7.91. The maximum Gasteiger partial charge on any atom is 0.339 e. The van der Waals surface area contributed by atoms with Crippen LogP contribution in [-0.2, 0) is 21.1 Å². The van der Waals surface area contributed by atoms with Gasteiger partial charge in [0.15, 0.2) is 9.84 Å². The fraction of sp³-hybridized carbons (Fsp3) is 0.308. The van der Waals surface area contributed by atoms with E-state index in [9.17, 15) is 22.4 Å². The zero-order valence-corrected chi connectivity index (χ0v) is 20.2. The molecule has 0 N–H and O–H groups in total. The molecule has 1 fully saturated rings. The van der Waals surface area contributed by atoms with Gasteiger partial charge in [-0.2, -0.15) is 0 Å². The van der Waals surface area contributed by atoms with Crippen molar-refractivity contribution in [3.63, 3.8) is 0 Å². The summed E-state index contributed by atoms with van der Waals surface area (Å²) in [5, 5.41) is 1.52. The molecular weight excluding hydrogens is 473 g/mol. The Hall–Kier alpha value is -3.46. The Morgan fingerprint density at radius 3 is 2.57 bits per heavy atom. The third-order valence-corrected chi connectivity index (χ3v) is 8.63. The van der Waals surface area contributed by atoms with Crippen molar-refractivity contribution in [2.75, 3.05) is 18.6 Å². The number of aryl methyl sites for hydroxylation is 1. The lowest BCUT2D eigenvalue weighted by Crippen LogP contribution is -2.38. The van der Waals surface area contributed by atoms with Gasteiger partial charge in [0, 0.05) is 47.5 Å². The number of nitrogens with zero attached hydrogens (tertiary/aromatic N) is 1. The number of hydrogen-bond donors (Lipinski definition) is 0. The lowest BCUT2D eigenvalue weighted by atomic mass is 9.98. The molecule has 2 aromatic heterocycles. The molecule has 0 aliphatic carbocycles. The molecule has 0 unspecified atom stereocenters. The van der Waals surface area contributed by atoms with Crippen molar-refractivity contribution in [2.45, 2.75) is 32.2 Å². The highest BCUT2D eigenvalue weighted by Crippen LogP contribution is 2.34. The van der Waals surface area contributed by atoms with Crippen LogP contribution in [0, 0.1) is 12.7 Å². The average Bonchev–Trinajstić information content (AvgIpc) is 3.40. The van der Waals surface area contributed by atoms with Crippen LogP contribution >= 0.6 is 0 Å². The van der Waals surface area contributed by atoms with Gasteiger partial charge in [0.25, 0.3) is 0 Å². The van der Waals surface area contributed by atoms with Crippen LogP contribution in [0.1, 0.15) is 24.0 Å². The second-order valence-electron chi connectivity index (χ2n) is 9.06. The summed E-state index contributed by atoms with van der Waals surface area (Å²) < 4.78 is 48.1. The maximum atomic E-state index is 13.4. The molecule has 1 atom stereocenters. The highest BCUT2D eigenvalue weighted by Gasteiger charge is 2.32. The van der Waals surface area contributed by atoms with Crippen molar-refractivity contribution in [1.29, 1.82) is 0 Å². The van der Waals surface area contributed by atoms with Crippen molar-refractivity contribution in [1.82, 2.24) is 4.90 Å². The Labute approximate surface area is 201 Å². The maximum absolute atomic E-state index is 13.4. The summed E-state index contributed by atoms with van der Waals surface area (Å²) in [4.78, 5) is 26.9. The first kappa shape index (κ1) is 23.3. The molecule has 5 rings (SSSR count). The van der Waals surface area contributed by atoms with E-state index >= 15 is 0 Å². The number of fused-ring (bicyclic) bond motifs is 2. The summed E-state index contributed by atoms with van der Waals surface area (Å²) in [6.45, 7) is 1.82. The highest BCUT2D eigenvalue weighted by atomic mass is 32.2. The largest absolute Gasteiger partial charge is 0.464 e. The Bertz CT molecular complexity index is 1620. The second kappa shape index (κ2) is 8.64. The number of sulfone groups is 1.